The predicted octanol–water partition coefficient (Wildman–Crippen LogP) is 3.46. The van der Waals surface area contributed by atoms with Gasteiger partial charge in [-0.15, -0.1) is 0 Å². The zero-order valence-electron chi connectivity index (χ0n) is 15.4. The maximum absolute atomic E-state index is 14.1. The maximum Gasteiger partial charge on any atom is 0.137 e. The van der Waals surface area contributed by atoms with Crippen LogP contribution in [0.2, 0.25) is 0 Å². The van der Waals surface area contributed by atoms with Crippen molar-refractivity contribution >= 4 is 0 Å². The van der Waals surface area contributed by atoms with Crippen LogP contribution in [0.3, 0.4) is 0 Å². The molecule has 0 amide bonds. The third-order valence-corrected chi connectivity index (χ3v) is 5.17. The van der Waals surface area contributed by atoms with Crippen LogP contribution in [-0.4, -0.2) is 39.9 Å². The minimum Gasteiger partial charge on any atom is -0.496 e. The number of halogens is 1. The van der Waals surface area contributed by atoms with Crippen molar-refractivity contribution < 1.29 is 9.13 Å². The first-order valence-electron chi connectivity index (χ1n) is 9.18. The van der Waals surface area contributed by atoms with E-state index in [1.165, 1.54) is 11.9 Å². The van der Waals surface area contributed by atoms with E-state index in [-0.39, 0.29) is 11.7 Å². The Balaban J connectivity index is 1.46. The molecule has 1 saturated heterocycles. The second kappa shape index (κ2) is 7.88. The van der Waals surface area contributed by atoms with Gasteiger partial charge in [-0.1, -0.05) is 24.3 Å². The van der Waals surface area contributed by atoms with Crippen LogP contribution >= 0.6 is 0 Å². The van der Waals surface area contributed by atoms with E-state index in [9.17, 15) is 4.39 Å². The number of rotatable bonds is 6. The number of ether oxygens (including phenoxy) is 1. The quantitative estimate of drug-likeness (QED) is 0.670. The average molecular weight is 366 g/mol. The molecule has 1 unspecified atom stereocenters. The molecule has 6 heteroatoms. The molecule has 2 aromatic carbocycles. The summed E-state index contributed by atoms with van der Waals surface area (Å²) in [7, 11) is 1.68. The molecule has 140 valence electrons. The largest absolute Gasteiger partial charge is 0.496 e. The van der Waals surface area contributed by atoms with Crippen molar-refractivity contribution in [1.29, 1.82) is 0 Å². The van der Waals surface area contributed by atoms with Gasteiger partial charge < -0.3 is 4.74 Å². The number of methoxy groups -OCH3 is 1. The van der Waals surface area contributed by atoms with Crippen molar-refractivity contribution in [2.75, 3.05) is 20.2 Å². The van der Waals surface area contributed by atoms with Gasteiger partial charge in [-0.3, -0.25) is 4.90 Å². The second-order valence-corrected chi connectivity index (χ2v) is 6.98. The van der Waals surface area contributed by atoms with Crippen LogP contribution in [0, 0.1) is 5.82 Å². The standard InChI is InChI=1S/C21H23FN4O/c1-27-21-7-6-16(10-18(21)13-26-15-23-14-24-26)11-25-9-8-17(12-25)19-4-2-3-5-20(19)22/h2-7,10,14-15,17H,8-9,11-13H2,1H3. The number of benzene rings is 2. The van der Waals surface area contributed by atoms with E-state index >= 15 is 0 Å². The number of nitrogens with zero attached hydrogens (tertiary/aromatic N) is 4. The first kappa shape index (κ1) is 17.7. The SMILES string of the molecule is COc1ccc(CN2CCC(c3ccccc3F)C2)cc1Cn1cncn1. The fraction of sp³-hybridized carbons (Fsp3) is 0.333. The van der Waals surface area contributed by atoms with Gasteiger partial charge in [0.05, 0.1) is 13.7 Å². The monoisotopic (exact) mass is 366 g/mol. The molecular formula is C21H23FN4O. The van der Waals surface area contributed by atoms with Crippen LogP contribution in [0.5, 0.6) is 5.75 Å². The highest BCUT2D eigenvalue weighted by Gasteiger charge is 2.25. The third-order valence-electron chi connectivity index (χ3n) is 5.17. The van der Waals surface area contributed by atoms with Gasteiger partial charge in [0.1, 0.15) is 24.2 Å². The lowest BCUT2D eigenvalue weighted by atomic mass is 9.98. The Morgan fingerprint density at radius 3 is 2.85 bits per heavy atom. The molecule has 3 aromatic rings. The van der Waals surface area contributed by atoms with Crippen LogP contribution in [0.4, 0.5) is 4.39 Å². The summed E-state index contributed by atoms with van der Waals surface area (Å²) in [4.78, 5) is 6.38. The van der Waals surface area contributed by atoms with Crippen molar-refractivity contribution in [2.45, 2.75) is 25.4 Å². The summed E-state index contributed by atoms with van der Waals surface area (Å²) in [5.74, 6) is 1.02. The normalized spacial score (nSPS) is 17.3. The maximum atomic E-state index is 14.1. The lowest BCUT2D eigenvalue weighted by Crippen LogP contribution is -2.20. The Morgan fingerprint density at radius 1 is 1.19 bits per heavy atom. The molecule has 0 radical (unpaired) electrons. The summed E-state index contributed by atoms with van der Waals surface area (Å²) >= 11 is 0. The van der Waals surface area contributed by atoms with Gasteiger partial charge in [0, 0.05) is 24.6 Å². The number of likely N-dealkylation sites (tertiary alicyclic amines) is 1. The second-order valence-electron chi connectivity index (χ2n) is 6.98. The molecule has 1 fully saturated rings. The average Bonchev–Trinajstić information content (AvgIpc) is 3.35. The van der Waals surface area contributed by atoms with E-state index in [2.05, 4.69) is 27.1 Å². The first-order chi connectivity index (χ1) is 13.2. The van der Waals surface area contributed by atoms with Gasteiger partial charge in [-0.05, 0) is 42.3 Å². The van der Waals surface area contributed by atoms with Crippen molar-refractivity contribution in [3.63, 3.8) is 0 Å². The van der Waals surface area contributed by atoms with Gasteiger partial charge in [-0.2, -0.15) is 5.10 Å². The Labute approximate surface area is 158 Å². The smallest absolute Gasteiger partial charge is 0.137 e. The van der Waals surface area contributed by atoms with E-state index in [0.717, 1.165) is 42.9 Å². The lowest BCUT2D eigenvalue weighted by molar-refractivity contribution is 0.325. The highest BCUT2D eigenvalue weighted by atomic mass is 19.1. The molecule has 0 spiro atoms. The summed E-state index contributed by atoms with van der Waals surface area (Å²) in [6.07, 6.45) is 4.22. The molecule has 1 aromatic heterocycles. The zero-order chi connectivity index (χ0) is 18.6. The Kier molecular flexibility index (Phi) is 5.16. The van der Waals surface area contributed by atoms with Gasteiger partial charge in [0.15, 0.2) is 0 Å². The van der Waals surface area contributed by atoms with E-state index < -0.39 is 0 Å². The fourth-order valence-corrected chi connectivity index (χ4v) is 3.84. The molecule has 27 heavy (non-hydrogen) atoms. The Morgan fingerprint density at radius 2 is 2.07 bits per heavy atom. The summed E-state index contributed by atoms with van der Waals surface area (Å²) in [5.41, 5.74) is 3.13. The van der Waals surface area contributed by atoms with Gasteiger partial charge in [-0.25, -0.2) is 14.1 Å². The molecule has 1 aliphatic rings. The fourth-order valence-electron chi connectivity index (χ4n) is 3.84. The first-order valence-corrected chi connectivity index (χ1v) is 9.18. The van der Waals surface area contributed by atoms with Crippen LogP contribution in [-0.2, 0) is 13.1 Å². The Bertz CT molecular complexity index is 897. The highest BCUT2D eigenvalue weighted by Crippen LogP contribution is 2.30. The van der Waals surface area contributed by atoms with Crippen molar-refractivity contribution in [1.82, 2.24) is 19.7 Å². The lowest BCUT2D eigenvalue weighted by Gasteiger charge is -2.18. The topological polar surface area (TPSA) is 43.2 Å². The van der Waals surface area contributed by atoms with Crippen molar-refractivity contribution in [2.24, 2.45) is 0 Å². The molecule has 4 rings (SSSR count). The molecule has 0 N–H and O–H groups in total. The van der Waals surface area contributed by atoms with Crippen molar-refractivity contribution in [3.8, 4) is 5.75 Å². The number of hydrogen-bond donors (Lipinski definition) is 0. The molecular weight excluding hydrogens is 343 g/mol. The van der Waals surface area contributed by atoms with E-state index in [0.29, 0.717) is 6.54 Å². The van der Waals surface area contributed by atoms with Gasteiger partial charge in [0.25, 0.3) is 0 Å². The molecule has 0 bridgehead atoms. The van der Waals surface area contributed by atoms with Gasteiger partial charge >= 0.3 is 0 Å². The molecule has 5 nitrogen and oxygen atoms in total. The summed E-state index contributed by atoms with van der Waals surface area (Å²) in [5, 5.41) is 4.18. The number of aromatic nitrogens is 3. The minimum atomic E-state index is -0.0936. The van der Waals surface area contributed by atoms with E-state index in [4.69, 9.17) is 4.74 Å². The third kappa shape index (κ3) is 4.01. The highest BCUT2D eigenvalue weighted by molar-refractivity contribution is 5.37. The van der Waals surface area contributed by atoms with E-state index in [1.54, 1.807) is 30.3 Å². The van der Waals surface area contributed by atoms with Crippen LogP contribution < -0.4 is 4.74 Å². The Hall–Kier alpha value is -2.73. The summed E-state index contributed by atoms with van der Waals surface area (Å²) in [6, 6.07) is 13.4. The molecule has 1 atom stereocenters. The van der Waals surface area contributed by atoms with Crippen LogP contribution in [0.15, 0.2) is 55.1 Å². The zero-order valence-corrected chi connectivity index (χ0v) is 15.4. The molecule has 1 aliphatic heterocycles. The van der Waals surface area contributed by atoms with E-state index in [1.807, 2.05) is 18.2 Å². The van der Waals surface area contributed by atoms with Crippen LogP contribution in [0.1, 0.15) is 29.0 Å². The molecule has 2 heterocycles. The molecule has 0 saturated carbocycles. The minimum absolute atomic E-state index is 0.0936. The summed E-state index contributed by atoms with van der Waals surface area (Å²) < 4.78 is 21.3. The molecule has 0 aliphatic carbocycles. The van der Waals surface area contributed by atoms with Crippen LogP contribution in [0.25, 0.3) is 0 Å². The number of hydrogen-bond acceptors (Lipinski definition) is 4. The predicted molar refractivity (Wildman–Crippen MR) is 101 cm³/mol. The van der Waals surface area contributed by atoms with Gasteiger partial charge in [0.2, 0.25) is 0 Å². The van der Waals surface area contributed by atoms with Crippen molar-refractivity contribution in [3.05, 3.63) is 77.6 Å². The summed E-state index contributed by atoms with van der Waals surface area (Å²) in [6.45, 7) is 3.32.